The van der Waals surface area contributed by atoms with Gasteiger partial charge >= 0.3 is 0 Å². The lowest BCUT2D eigenvalue weighted by Gasteiger charge is -2.23. The monoisotopic (exact) mass is 372 g/mol. The first-order valence-electron chi connectivity index (χ1n) is 9.44. The van der Waals surface area contributed by atoms with Crippen molar-refractivity contribution in [1.29, 1.82) is 0 Å². The molecule has 2 heterocycles. The zero-order chi connectivity index (χ0) is 19.1. The van der Waals surface area contributed by atoms with Crippen LogP contribution >= 0.6 is 0 Å². The number of carbonyl (C=O) groups is 1. The van der Waals surface area contributed by atoms with Crippen molar-refractivity contribution >= 4 is 5.91 Å². The number of carbonyl (C=O) groups excluding carboxylic acids is 1. The van der Waals surface area contributed by atoms with E-state index < -0.39 is 6.10 Å². The Balaban J connectivity index is 1.44. The SMILES string of the molecule is CN(CC(O)COCc1ccccc1)C(=O)c1ccn(C2CCCNC2)n1. The molecule has 1 fully saturated rings. The van der Waals surface area contributed by atoms with Crippen molar-refractivity contribution < 1.29 is 14.6 Å². The Kier molecular flexibility index (Phi) is 6.98. The number of likely N-dealkylation sites (N-methyl/N-ethyl adjacent to an activating group) is 1. The van der Waals surface area contributed by atoms with Crippen molar-refractivity contribution in [3.05, 3.63) is 53.9 Å². The first kappa shape index (κ1) is 19.5. The number of piperidine rings is 1. The molecule has 1 aromatic carbocycles. The van der Waals surface area contributed by atoms with Crippen LogP contribution in [-0.2, 0) is 11.3 Å². The number of aliphatic hydroxyl groups is 1. The molecule has 0 radical (unpaired) electrons. The van der Waals surface area contributed by atoms with Crippen molar-refractivity contribution in [2.24, 2.45) is 0 Å². The lowest BCUT2D eigenvalue weighted by Crippen LogP contribution is -2.37. The second-order valence-corrected chi connectivity index (χ2v) is 7.02. The Morgan fingerprint density at radius 3 is 2.96 bits per heavy atom. The molecule has 1 saturated heterocycles. The Morgan fingerprint density at radius 2 is 2.22 bits per heavy atom. The minimum Gasteiger partial charge on any atom is -0.389 e. The molecule has 27 heavy (non-hydrogen) atoms. The normalized spacial score (nSPS) is 18.2. The van der Waals surface area contributed by atoms with Gasteiger partial charge in [0.15, 0.2) is 0 Å². The van der Waals surface area contributed by atoms with E-state index in [1.54, 1.807) is 13.1 Å². The van der Waals surface area contributed by atoms with Crippen LogP contribution in [0.1, 0.15) is 34.9 Å². The number of aliphatic hydroxyl groups excluding tert-OH is 1. The lowest BCUT2D eigenvalue weighted by molar-refractivity contribution is 0.0135. The molecule has 0 bridgehead atoms. The molecule has 7 heteroatoms. The van der Waals surface area contributed by atoms with Gasteiger partial charge in [-0.25, -0.2) is 0 Å². The summed E-state index contributed by atoms with van der Waals surface area (Å²) in [6.07, 6.45) is 3.30. The Morgan fingerprint density at radius 1 is 1.41 bits per heavy atom. The molecular formula is C20H28N4O3. The number of benzene rings is 1. The van der Waals surface area contributed by atoms with Crippen molar-refractivity contribution in [3.63, 3.8) is 0 Å². The van der Waals surface area contributed by atoms with Crippen LogP contribution in [0, 0.1) is 0 Å². The molecule has 1 aliphatic heterocycles. The molecular weight excluding hydrogens is 344 g/mol. The first-order chi connectivity index (χ1) is 13.1. The zero-order valence-corrected chi connectivity index (χ0v) is 15.8. The highest BCUT2D eigenvalue weighted by atomic mass is 16.5. The molecule has 1 amide bonds. The summed E-state index contributed by atoms with van der Waals surface area (Å²) in [4.78, 5) is 14.0. The number of ether oxygens (including phenoxy) is 1. The highest BCUT2D eigenvalue weighted by Gasteiger charge is 2.21. The predicted molar refractivity (Wildman–Crippen MR) is 102 cm³/mol. The second-order valence-electron chi connectivity index (χ2n) is 7.02. The van der Waals surface area contributed by atoms with Gasteiger partial charge in [-0.2, -0.15) is 5.10 Å². The third kappa shape index (κ3) is 5.63. The molecule has 0 saturated carbocycles. The highest BCUT2D eigenvalue weighted by molar-refractivity contribution is 5.92. The van der Waals surface area contributed by atoms with Gasteiger partial charge in [0.2, 0.25) is 0 Å². The van der Waals surface area contributed by atoms with Crippen LogP contribution in [0.2, 0.25) is 0 Å². The number of amides is 1. The molecule has 0 spiro atoms. The highest BCUT2D eigenvalue weighted by Crippen LogP contribution is 2.16. The van der Waals surface area contributed by atoms with Crippen molar-refractivity contribution in [1.82, 2.24) is 20.0 Å². The van der Waals surface area contributed by atoms with Gasteiger partial charge < -0.3 is 20.1 Å². The summed E-state index contributed by atoms with van der Waals surface area (Å²) in [5.41, 5.74) is 1.46. The number of aromatic nitrogens is 2. The summed E-state index contributed by atoms with van der Waals surface area (Å²) >= 11 is 0. The zero-order valence-electron chi connectivity index (χ0n) is 15.8. The van der Waals surface area contributed by atoms with Gasteiger partial charge in [-0.3, -0.25) is 9.48 Å². The van der Waals surface area contributed by atoms with Crippen LogP contribution < -0.4 is 5.32 Å². The smallest absolute Gasteiger partial charge is 0.274 e. The average molecular weight is 372 g/mol. The van der Waals surface area contributed by atoms with E-state index in [0.717, 1.165) is 31.5 Å². The molecule has 2 aromatic rings. The Hall–Kier alpha value is -2.22. The van der Waals surface area contributed by atoms with E-state index in [-0.39, 0.29) is 19.1 Å². The van der Waals surface area contributed by atoms with E-state index in [1.807, 2.05) is 41.2 Å². The average Bonchev–Trinajstić information content (AvgIpc) is 3.19. The maximum absolute atomic E-state index is 12.6. The number of rotatable bonds is 8. The number of hydrogen-bond donors (Lipinski definition) is 2. The second kappa shape index (κ2) is 9.64. The van der Waals surface area contributed by atoms with Crippen LogP contribution in [0.25, 0.3) is 0 Å². The minimum absolute atomic E-state index is 0.175. The summed E-state index contributed by atoms with van der Waals surface area (Å²) in [6, 6.07) is 11.8. The third-order valence-electron chi connectivity index (χ3n) is 4.73. The molecule has 1 aromatic heterocycles. The van der Waals surface area contributed by atoms with Crippen LogP contribution in [0.15, 0.2) is 42.6 Å². The predicted octanol–water partition coefficient (Wildman–Crippen LogP) is 1.46. The van der Waals surface area contributed by atoms with Crippen LogP contribution in [0.4, 0.5) is 0 Å². The standard InChI is InChI=1S/C20H28N4O3/c1-23(13-18(25)15-27-14-16-6-3-2-4-7-16)20(26)19-9-11-24(22-19)17-8-5-10-21-12-17/h2-4,6-7,9,11,17-18,21,25H,5,8,10,12-15H2,1H3. The lowest BCUT2D eigenvalue weighted by atomic mass is 10.1. The summed E-state index contributed by atoms with van der Waals surface area (Å²) in [5, 5.41) is 17.9. The van der Waals surface area contributed by atoms with Crippen LogP contribution in [0.5, 0.6) is 0 Å². The van der Waals surface area contributed by atoms with Gasteiger partial charge in [-0.15, -0.1) is 0 Å². The number of hydrogen-bond acceptors (Lipinski definition) is 5. The third-order valence-corrected chi connectivity index (χ3v) is 4.73. The van der Waals surface area contributed by atoms with Gasteiger partial charge in [-0.05, 0) is 31.0 Å². The molecule has 2 unspecified atom stereocenters. The molecule has 2 N–H and O–H groups in total. The van der Waals surface area contributed by atoms with E-state index in [0.29, 0.717) is 18.3 Å². The fourth-order valence-corrected chi connectivity index (χ4v) is 3.25. The fourth-order valence-electron chi connectivity index (χ4n) is 3.25. The van der Waals surface area contributed by atoms with Crippen molar-refractivity contribution in [2.75, 3.05) is 33.3 Å². The van der Waals surface area contributed by atoms with Gasteiger partial charge in [0, 0.05) is 26.3 Å². The summed E-state index contributed by atoms with van der Waals surface area (Å²) in [5.74, 6) is -0.195. The molecule has 2 atom stereocenters. The molecule has 3 rings (SSSR count). The van der Waals surface area contributed by atoms with E-state index in [4.69, 9.17) is 4.74 Å². The van der Waals surface area contributed by atoms with E-state index in [2.05, 4.69) is 10.4 Å². The first-order valence-corrected chi connectivity index (χ1v) is 9.44. The topological polar surface area (TPSA) is 79.6 Å². The summed E-state index contributed by atoms with van der Waals surface area (Å²) in [7, 11) is 1.67. The van der Waals surface area contributed by atoms with E-state index >= 15 is 0 Å². The largest absolute Gasteiger partial charge is 0.389 e. The number of nitrogens with zero attached hydrogens (tertiary/aromatic N) is 3. The van der Waals surface area contributed by atoms with Gasteiger partial charge in [0.05, 0.1) is 25.4 Å². The molecule has 7 nitrogen and oxygen atoms in total. The van der Waals surface area contributed by atoms with Crippen molar-refractivity contribution in [3.8, 4) is 0 Å². The maximum atomic E-state index is 12.6. The molecule has 0 aliphatic carbocycles. The Labute approximate surface area is 159 Å². The minimum atomic E-state index is -0.743. The summed E-state index contributed by atoms with van der Waals surface area (Å²) < 4.78 is 7.40. The van der Waals surface area contributed by atoms with Gasteiger partial charge in [-0.1, -0.05) is 30.3 Å². The van der Waals surface area contributed by atoms with Gasteiger partial charge in [0.25, 0.3) is 5.91 Å². The molecule has 1 aliphatic rings. The van der Waals surface area contributed by atoms with E-state index in [9.17, 15) is 9.90 Å². The molecule has 146 valence electrons. The summed E-state index contributed by atoms with van der Waals surface area (Å²) in [6.45, 7) is 2.73. The van der Waals surface area contributed by atoms with Crippen LogP contribution in [0.3, 0.4) is 0 Å². The van der Waals surface area contributed by atoms with E-state index in [1.165, 1.54) is 4.90 Å². The fraction of sp³-hybridized carbons (Fsp3) is 0.500. The number of nitrogens with one attached hydrogen (secondary N) is 1. The maximum Gasteiger partial charge on any atom is 0.274 e. The van der Waals surface area contributed by atoms with Gasteiger partial charge in [0.1, 0.15) is 5.69 Å². The van der Waals surface area contributed by atoms with Crippen LogP contribution in [-0.4, -0.2) is 65.1 Å². The van der Waals surface area contributed by atoms with Crippen molar-refractivity contribution in [2.45, 2.75) is 31.6 Å². The Bertz CT molecular complexity index is 713. The quantitative estimate of drug-likeness (QED) is 0.733.